The third-order valence-electron chi connectivity index (χ3n) is 3.47. The quantitative estimate of drug-likeness (QED) is 0.436. The predicted octanol–water partition coefficient (Wildman–Crippen LogP) is 1.47. The number of thiocarbonyl (C=S) groups is 1. The van der Waals surface area contributed by atoms with Gasteiger partial charge in [0.1, 0.15) is 4.32 Å². The second kappa shape index (κ2) is 8.17. The summed E-state index contributed by atoms with van der Waals surface area (Å²) >= 11 is 6.23. The highest BCUT2D eigenvalue weighted by molar-refractivity contribution is 8.26. The number of benzene rings is 1. The van der Waals surface area contributed by atoms with E-state index in [1.807, 2.05) is 0 Å². The fourth-order valence-electron chi connectivity index (χ4n) is 2.29. The van der Waals surface area contributed by atoms with Crippen LogP contribution in [-0.2, 0) is 16.0 Å². The number of carbonyl (C=O) groups is 2. The molecule has 0 atom stereocenters. The Bertz CT molecular complexity index is 773. The summed E-state index contributed by atoms with van der Waals surface area (Å²) in [4.78, 5) is 24.6. The van der Waals surface area contributed by atoms with E-state index in [0.29, 0.717) is 26.8 Å². The number of phenolic OH excluding ortho intramolecular Hbond substituents is 1. The number of carbonyl (C=O) groups excluding carboxylic acids is 2. The Balaban J connectivity index is 2.32. The van der Waals surface area contributed by atoms with Gasteiger partial charge in [-0.1, -0.05) is 30.1 Å². The van der Waals surface area contributed by atoms with Crippen LogP contribution < -0.4 is 9.84 Å². The second-order valence-corrected chi connectivity index (χ2v) is 6.85. The lowest BCUT2D eigenvalue weighted by Crippen LogP contribution is -2.33. The molecule has 0 unspecified atom stereocenters. The summed E-state index contributed by atoms with van der Waals surface area (Å²) in [5, 5.41) is 20.7. The van der Waals surface area contributed by atoms with Crippen molar-refractivity contribution >= 4 is 46.3 Å². The van der Waals surface area contributed by atoms with Crippen molar-refractivity contribution in [2.45, 2.75) is 12.8 Å². The molecule has 0 radical (unpaired) electrons. The van der Waals surface area contributed by atoms with E-state index in [4.69, 9.17) is 17.0 Å². The van der Waals surface area contributed by atoms with E-state index in [1.54, 1.807) is 24.3 Å². The fraction of sp³-hybridized carbons (Fsp3) is 0.235. The van der Waals surface area contributed by atoms with Gasteiger partial charge in [-0.05, 0) is 30.2 Å². The zero-order chi connectivity index (χ0) is 18.6. The average molecular weight is 378 g/mol. The minimum absolute atomic E-state index is 0.0229. The zero-order valence-corrected chi connectivity index (χ0v) is 15.1. The standard InChI is InChI=1S/C17H17NO5S2/c1-3-4-11-7-10(8-12(23-2)15(11)21)9-13-16(22)18(17(24)25-13)6-5-14(19)20/h3,7-9,21H,1,4-6H2,2H3,(H,19,20)/p-1/b13-9-. The molecule has 0 aliphatic carbocycles. The minimum atomic E-state index is -1.24. The molecule has 1 fully saturated rings. The highest BCUT2D eigenvalue weighted by Gasteiger charge is 2.31. The first kappa shape index (κ1) is 19.0. The Morgan fingerprint density at radius 3 is 2.84 bits per heavy atom. The number of thioether (sulfide) groups is 1. The van der Waals surface area contributed by atoms with Crippen LogP contribution in [0.5, 0.6) is 11.5 Å². The lowest BCUT2D eigenvalue weighted by molar-refractivity contribution is -0.305. The summed E-state index contributed by atoms with van der Waals surface area (Å²) in [6.45, 7) is 3.63. The molecule has 1 heterocycles. The summed E-state index contributed by atoms with van der Waals surface area (Å²) in [5.74, 6) is -1.27. The largest absolute Gasteiger partial charge is 0.550 e. The Labute approximate surface area is 154 Å². The van der Waals surface area contributed by atoms with Gasteiger partial charge >= 0.3 is 0 Å². The van der Waals surface area contributed by atoms with Crippen LogP contribution in [0, 0.1) is 0 Å². The van der Waals surface area contributed by atoms with Crippen molar-refractivity contribution in [2.75, 3.05) is 13.7 Å². The summed E-state index contributed by atoms with van der Waals surface area (Å²) < 4.78 is 5.46. The third-order valence-corrected chi connectivity index (χ3v) is 4.85. The van der Waals surface area contributed by atoms with E-state index in [0.717, 1.165) is 11.8 Å². The molecule has 1 amide bonds. The molecular formula is C17H16NO5S2-. The maximum atomic E-state index is 12.4. The van der Waals surface area contributed by atoms with E-state index in [1.165, 1.54) is 12.0 Å². The molecule has 6 nitrogen and oxygen atoms in total. The van der Waals surface area contributed by atoms with Gasteiger partial charge in [0.15, 0.2) is 11.5 Å². The first-order valence-corrected chi connectivity index (χ1v) is 8.55. The van der Waals surface area contributed by atoms with E-state index in [-0.39, 0.29) is 30.4 Å². The van der Waals surface area contributed by atoms with Gasteiger partial charge in [-0.25, -0.2) is 0 Å². The van der Waals surface area contributed by atoms with Gasteiger partial charge in [-0.2, -0.15) is 0 Å². The first-order valence-electron chi connectivity index (χ1n) is 7.33. The topological polar surface area (TPSA) is 89.9 Å². The molecular weight excluding hydrogens is 362 g/mol. The Morgan fingerprint density at radius 2 is 2.24 bits per heavy atom. The van der Waals surface area contributed by atoms with Crippen LogP contribution in [0.1, 0.15) is 17.5 Å². The highest BCUT2D eigenvalue weighted by Crippen LogP contribution is 2.36. The van der Waals surface area contributed by atoms with Crippen LogP contribution in [0.3, 0.4) is 0 Å². The molecule has 1 aromatic rings. The Hall–Kier alpha value is -2.32. The number of ether oxygens (including phenoxy) is 1. The fourth-order valence-corrected chi connectivity index (χ4v) is 3.60. The minimum Gasteiger partial charge on any atom is -0.550 e. The van der Waals surface area contributed by atoms with E-state index in [2.05, 4.69) is 6.58 Å². The van der Waals surface area contributed by atoms with Crippen molar-refractivity contribution in [1.82, 2.24) is 4.90 Å². The summed E-state index contributed by atoms with van der Waals surface area (Å²) in [7, 11) is 1.44. The molecule has 0 bridgehead atoms. The summed E-state index contributed by atoms with van der Waals surface area (Å²) in [6, 6.07) is 3.34. The molecule has 1 aromatic carbocycles. The normalized spacial score (nSPS) is 15.7. The number of rotatable bonds is 7. The van der Waals surface area contributed by atoms with E-state index in [9.17, 15) is 19.8 Å². The molecule has 1 saturated heterocycles. The van der Waals surface area contributed by atoms with Crippen LogP contribution in [0.4, 0.5) is 0 Å². The number of aliphatic carboxylic acids is 1. The van der Waals surface area contributed by atoms with E-state index < -0.39 is 5.97 Å². The number of aromatic hydroxyl groups is 1. The Morgan fingerprint density at radius 1 is 1.52 bits per heavy atom. The number of hydrogen-bond acceptors (Lipinski definition) is 7. The van der Waals surface area contributed by atoms with Crippen LogP contribution in [0.25, 0.3) is 6.08 Å². The van der Waals surface area contributed by atoms with Gasteiger partial charge in [-0.3, -0.25) is 9.69 Å². The van der Waals surface area contributed by atoms with Crippen LogP contribution in [0.2, 0.25) is 0 Å². The number of methoxy groups -OCH3 is 1. The second-order valence-electron chi connectivity index (χ2n) is 5.18. The van der Waals surface area contributed by atoms with Crippen molar-refractivity contribution in [3.63, 3.8) is 0 Å². The monoisotopic (exact) mass is 378 g/mol. The van der Waals surface area contributed by atoms with E-state index >= 15 is 0 Å². The van der Waals surface area contributed by atoms with Gasteiger partial charge in [0.2, 0.25) is 0 Å². The zero-order valence-electron chi connectivity index (χ0n) is 13.5. The van der Waals surface area contributed by atoms with Crippen molar-refractivity contribution in [3.05, 3.63) is 40.8 Å². The van der Waals surface area contributed by atoms with Crippen molar-refractivity contribution < 1.29 is 24.5 Å². The molecule has 2 rings (SSSR count). The van der Waals surface area contributed by atoms with Crippen LogP contribution in [-0.4, -0.2) is 39.9 Å². The molecule has 1 aliphatic rings. The molecule has 0 saturated carbocycles. The number of carboxylic acid groups (broad SMARTS) is 1. The first-order chi connectivity index (χ1) is 11.9. The maximum absolute atomic E-state index is 12.4. The maximum Gasteiger partial charge on any atom is 0.266 e. The number of allylic oxidation sites excluding steroid dienone is 1. The molecule has 1 N–H and O–H groups in total. The van der Waals surface area contributed by atoms with Gasteiger partial charge in [0, 0.05) is 24.5 Å². The van der Waals surface area contributed by atoms with Crippen LogP contribution in [0.15, 0.2) is 29.7 Å². The summed E-state index contributed by atoms with van der Waals surface area (Å²) in [6.07, 6.45) is 3.44. The number of hydrogen-bond donors (Lipinski definition) is 1. The summed E-state index contributed by atoms with van der Waals surface area (Å²) in [5.41, 5.74) is 1.28. The Kier molecular flexibility index (Phi) is 6.22. The SMILES string of the molecule is C=CCc1cc(/C=C2\SC(=S)N(CCC(=O)[O-])C2=O)cc(OC)c1O. The van der Waals surface area contributed by atoms with Crippen molar-refractivity contribution in [3.8, 4) is 11.5 Å². The number of amides is 1. The lowest BCUT2D eigenvalue weighted by atomic mass is 10.1. The number of phenols is 1. The molecule has 132 valence electrons. The van der Waals surface area contributed by atoms with Crippen molar-refractivity contribution in [1.29, 1.82) is 0 Å². The molecule has 25 heavy (non-hydrogen) atoms. The highest BCUT2D eigenvalue weighted by atomic mass is 32.2. The number of nitrogens with zero attached hydrogens (tertiary/aromatic N) is 1. The smallest absolute Gasteiger partial charge is 0.266 e. The van der Waals surface area contributed by atoms with Gasteiger partial charge in [0.05, 0.1) is 12.0 Å². The van der Waals surface area contributed by atoms with Gasteiger partial charge < -0.3 is 19.7 Å². The van der Waals surface area contributed by atoms with Gasteiger partial charge in [0.25, 0.3) is 5.91 Å². The van der Waals surface area contributed by atoms with Crippen LogP contribution >= 0.6 is 24.0 Å². The predicted molar refractivity (Wildman–Crippen MR) is 98.1 cm³/mol. The molecule has 0 spiro atoms. The average Bonchev–Trinajstić information content (AvgIpc) is 2.82. The lowest BCUT2D eigenvalue weighted by Gasteiger charge is -2.14. The molecule has 8 heteroatoms. The third kappa shape index (κ3) is 4.40. The van der Waals surface area contributed by atoms with Gasteiger partial charge in [-0.15, -0.1) is 6.58 Å². The molecule has 1 aliphatic heterocycles. The number of carboxylic acids is 1. The molecule has 0 aromatic heterocycles. The van der Waals surface area contributed by atoms with Crippen molar-refractivity contribution in [2.24, 2.45) is 0 Å².